The van der Waals surface area contributed by atoms with Crippen molar-refractivity contribution in [2.75, 3.05) is 4.90 Å². The van der Waals surface area contributed by atoms with Crippen LogP contribution < -0.4 is 4.90 Å². The first-order valence-corrected chi connectivity index (χ1v) is 23.6. The summed E-state index contributed by atoms with van der Waals surface area (Å²) in [6.07, 6.45) is 3.95. The molecule has 2 heterocycles. The standard InChI is InChI=1S/C65H42N4/c1-3-20-47(21-4-1)65(48-22-5-2-6-23-48)59-29-15-13-26-54(59)55-35-34-50(40-60(55)65)69-61-30-16-14-28-57(61)58-38-46(32-36-62(58)69)64-66-41-51(42-67-64)68(49-33-31-43-17-7-8-18-44(43)37-49)63-39-45-19-9-10-24-52(45)53-25-11-12-27-56(53)63/h1-42H. The van der Waals surface area contributed by atoms with Crippen LogP contribution in [0, 0.1) is 0 Å². The molecule has 0 bridgehead atoms. The molecule has 0 saturated heterocycles. The molecule has 13 aromatic rings. The molecule has 0 amide bonds. The summed E-state index contributed by atoms with van der Waals surface area (Å²) in [7, 11) is 0. The third kappa shape index (κ3) is 5.95. The number of hydrogen-bond donors (Lipinski definition) is 0. The molecule has 0 saturated carbocycles. The molecule has 0 atom stereocenters. The summed E-state index contributed by atoms with van der Waals surface area (Å²) < 4.78 is 2.43. The van der Waals surface area contributed by atoms with Crippen LogP contribution in [0.15, 0.2) is 255 Å². The van der Waals surface area contributed by atoms with Gasteiger partial charge in [0.25, 0.3) is 0 Å². The minimum Gasteiger partial charge on any atom is -0.309 e. The fraction of sp³-hybridized carbons (Fsp3) is 0.0154. The molecule has 0 unspecified atom stereocenters. The van der Waals surface area contributed by atoms with E-state index < -0.39 is 5.41 Å². The van der Waals surface area contributed by atoms with Gasteiger partial charge in [0.1, 0.15) is 0 Å². The van der Waals surface area contributed by atoms with E-state index in [0.29, 0.717) is 5.82 Å². The summed E-state index contributed by atoms with van der Waals surface area (Å²) in [5.74, 6) is 0.671. The van der Waals surface area contributed by atoms with Gasteiger partial charge in [-0.05, 0) is 115 Å². The largest absolute Gasteiger partial charge is 0.309 e. The first-order valence-electron chi connectivity index (χ1n) is 23.6. The Morgan fingerprint density at radius 1 is 0.362 bits per heavy atom. The van der Waals surface area contributed by atoms with E-state index >= 15 is 0 Å². The zero-order chi connectivity index (χ0) is 45.5. The van der Waals surface area contributed by atoms with Crippen LogP contribution in [-0.2, 0) is 5.41 Å². The smallest absolute Gasteiger partial charge is 0.159 e. The quantitative estimate of drug-likeness (QED) is 0.150. The Bertz CT molecular complexity index is 4100. The summed E-state index contributed by atoms with van der Waals surface area (Å²) in [6, 6.07) is 88.3. The first-order chi connectivity index (χ1) is 34.2. The highest BCUT2D eigenvalue weighted by atomic mass is 15.2. The Morgan fingerprint density at radius 3 is 1.75 bits per heavy atom. The highest BCUT2D eigenvalue weighted by Gasteiger charge is 2.46. The molecule has 1 aliphatic rings. The van der Waals surface area contributed by atoms with E-state index in [0.717, 1.165) is 50.1 Å². The fourth-order valence-corrected chi connectivity index (χ4v) is 11.5. The topological polar surface area (TPSA) is 34.0 Å². The summed E-state index contributed by atoms with van der Waals surface area (Å²) in [5.41, 5.74) is 14.5. The monoisotopic (exact) mass is 878 g/mol. The number of benzene rings is 11. The highest BCUT2D eigenvalue weighted by Crippen LogP contribution is 2.56. The second kappa shape index (κ2) is 15.5. The molecule has 0 spiro atoms. The summed E-state index contributed by atoms with van der Waals surface area (Å²) in [6.45, 7) is 0. The van der Waals surface area contributed by atoms with Crippen molar-refractivity contribution < 1.29 is 0 Å². The Morgan fingerprint density at radius 2 is 0.971 bits per heavy atom. The number of fused-ring (bicyclic) bond motifs is 10. The van der Waals surface area contributed by atoms with Gasteiger partial charge in [0, 0.05) is 33.1 Å². The number of para-hydroxylation sites is 1. The average Bonchev–Trinajstić information content (AvgIpc) is 3.92. The predicted molar refractivity (Wildman–Crippen MR) is 286 cm³/mol. The molecule has 0 N–H and O–H groups in total. The van der Waals surface area contributed by atoms with Crippen molar-refractivity contribution >= 4 is 71.2 Å². The van der Waals surface area contributed by atoms with E-state index in [1.807, 2.05) is 12.4 Å². The Hall–Kier alpha value is -9.12. The number of hydrogen-bond acceptors (Lipinski definition) is 3. The SMILES string of the molecule is c1ccc(C2(c3ccccc3)c3ccccc3-c3ccc(-n4c5ccccc5c5cc(-c6ncc(N(c7ccc8ccccc8c7)c7cc8ccccc8c8ccccc78)cn6)ccc54)cc32)cc1. The first kappa shape index (κ1) is 39.1. The van der Waals surface area contributed by atoms with Gasteiger partial charge in [-0.3, -0.25) is 0 Å². The van der Waals surface area contributed by atoms with Crippen molar-refractivity contribution in [3.63, 3.8) is 0 Å². The van der Waals surface area contributed by atoms with E-state index in [1.54, 1.807) is 0 Å². The van der Waals surface area contributed by atoms with Gasteiger partial charge in [-0.15, -0.1) is 0 Å². The minimum atomic E-state index is -0.495. The van der Waals surface area contributed by atoms with Gasteiger partial charge in [-0.2, -0.15) is 0 Å². The molecule has 14 rings (SSSR count). The average molecular weight is 879 g/mol. The van der Waals surface area contributed by atoms with Crippen LogP contribution in [0.3, 0.4) is 0 Å². The fourth-order valence-electron chi connectivity index (χ4n) is 11.5. The van der Waals surface area contributed by atoms with Crippen molar-refractivity contribution in [1.82, 2.24) is 14.5 Å². The van der Waals surface area contributed by atoms with Crippen LogP contribution in [0.5, 0.6) is 0 Å². The predicted octanol–water partition coefficient (Wildman–Crippen LogP) is 16.5. The summed E-state index contributed by atoms with van der Waals surface area (Å²) in [5, 5.41) is 9.47. The van der Waals surface area contributed by atoms with Gasteiger partial charge >= 0.3 is 0 Å². The summed E-state index contributed by atoms with van der Waals surface area (Å²) >= 11 is 0. The Labute approximate surface area is 399 Å². The molecular formula is C65H42N4. The maximum Gasteiger partial charge on any atom is 0.159 e. The Balaban J connectivity index is 0.910. The Kier molecular flexibility index (Phi) is 8.77. The zero-order valence-corrected chi connectivity index (χ0v) is 37.5. The van der Waals surface area contributed by atoms with Crippen LogP contribution >= 0.6 is 0 Å². The third-order valence-corrected chi connectivity index (χ3v) is 14.5. The zero-order valence-electron chi connectivity index (χ0n) is 37.5. The van der Waals surface area contributed by atoms with Crippen molar-refractivity contribution in [3.05, 3.63) is 277 Å². The van der Waals surface area contributed by atoms with Crippen LogP contribution in [-0.4, -0.2) is 14.5 Å². The van der Waals surface area contributed by atoms with Gasteiger partial charge in [-0.1, -0.05) is 188 Å². The van der Waals surface area contributed by atoms with Crippen molar-refractivity contribution in [2.24, 2.45) is 0 Å². The van der Waals surface area contributed by atoms with Crippen LogP contribution in [0.1, 0.15) is 22.3 Å². The second-order valence-electron chi connectivity index (χ2n) is 18.1. The van der Waals surface area contributed by atoms with Gasteiger partial charge in [-0.25, -0.2) is 9.97 Å². The lowest BCUT2D eigenvalue weighted by atomic mass is 9.67. The number of aromatic nitrogens is 3. The van der Waals surface area contributed by atoms with Crippen LogP contribution in [0.25, 0.3) is 82.3 Å². The lowest BCUT2D eigenvalue weighted by molar-refractivity contribution is 0.767. The van der Waals surface area contributed by atoms with E-state index in [-0.39, 0.29) is 0 Å². The normalized spacial score (nSPS) is 12.8. The second-order valence-corrected chi connectivity index (χ2v) is 18.1. The van der Waals surface area contributed by atoms with Gasteiger partial charge in [0.05, 0.1) is 40.2 Å². The van der Waals surface area contributed by atoms with E-state index in [2.05, 4.69) is 252 Å². The van der Waals surface area contributed by atoms with E-state index in [1.165, 1.54) is 65.7 Å². The molecule has 11 aromatic carbocycles. The lowest BCUT2D eigenvalue weighted by Crippen LogP contribution is -2.28. The molecule has 0 aliphatic heterocycles. The molecule has 322 valence electrons. The maximum atomic E-state index is 5.15. The van der Waals surface area contributed by atoms with Gasteiger partial charge < -0.3 is 9.47 Å². The third-order valence-electron chi connectivity index (χ3n) is 14.5. The molecular weight excluding hydrogens is 837 g/mol. The van der Waals surface area contributed by atoms with E-state index in [9.17, 15) is 0 Å². The van der Waals surface area contributed by atoms with Gasteiger partial charge in [0.15, 0.2) is 5.82 Å². The molecule has 0 radical (unpaired) electrons. The molecule has 4 nitrogen and oxygen atoms in total. The number of rotatable bonds is 7. The van der Waals surface area contributed by atoms with Gasteiger partial charge in [0.2, 0.25) is 0 Å². The van der Waals surface area contributed by atoms with E-state index in [4.69, 9.17) is 9.97 Å². The lowest BCUT2D eigenvalue weighted by Gasteiger charge is -2.34. The molecule has 2 aromatic heterocycles. The molecule has 4 heteroatoms. The maximum absolute atomic E-state index is 5.15. The van der Waals surface area contributed by atoms with Crippen molar-refractivity contribution in [2.45, 2.75) is 5.41 Å². The molecule has 0 fully saturated rings. The van der Waals surface area contributed by atoms with Crippen molar-refractivity contribution in [1.29, 1.82) is 0 Å². The van der Waals surface area contributed by atoms with Crippen LogP contribution in [0.2, 0.25) is 0 Å². The highest BCUT2D eigenvalue weighted by molar-refractivity contribution is 6.15. The molecule has 1 aliphatic carbocycles. The number of anilines is 3. The minimum absolute atomic E-state index is 0.495. The van der Waals surface area contributed by atoms with Crippen LogP contribution in [0.4, 0.5) is 17.1 Å². The number of nitrogens with zero attached hydrogens (tertiary/aromatic N) is 4. The summed E-state index contributed by atoms with van der Waals surface area (Å²) in [4.78, 5) is 12.6. The molecule has 69 heavy (non-hydrogen) atoms. The van der Waals surface area contributed by atoms with Crippen molar-refractivity contribution in [3.8, 4) is 28.2 Å².